The Kier molecular flexibility index (Phi) is 8.78. The predicted octanol–water partition coefficient (Wildman–Crippen LogP) is 1.15. The van der Waals surface area contributed by atoms with Gasteiger partial charge in [0.25, 0.3) is 0 Å². The highest BCUT2D eigenvalue weighted by atomic mass is 15.4. The zero-order chi connectivity index (χ0) is 13.3. The molecule has 2 N–H and O–H groups in total. The molecule has 4 heteroatoms. The Balaban J connectivity index is 3.47. The van der Waals surface area contributed by atoms with Crippen molar-refractivity contribution in [2.45, 2.75) is 39.7 Å². The van der Waals surface area contributed by atoms with Gasteiger partial charge < -0.3 is 9.80 Å². The van der Waals surface area contributed by atoms with Crippen LogP contribution < -0.4 is 10.9 Å². The van der Waals surface area contributed by atoms with Crippen LogP contribution in [0.15, 0.2) is 0 Å². The van der Waals surface area contributed by atoms with E-state index < -0.39 is 0 Å². The first-order valence-electron chi connectivity index (χ1n) is 6.79. The molecule has 0 unspecified atom stereocenters. The van der Waals surface area contributed by atoms with Crippen molar-refractivity contribution in [3.05, 3.63) is 0 Å². The minimum atomic E-state index is 0.186. The van der Waals surface area contributed by atoms with Gasteiger partial charge in [0.2, 0.25) is 0 Å². The first kappa shape index (κ1) is 16.8. The molecule has 0 bridgehead atoms. The molecule has 0 aliphatic heterocycles. The molecular formula is C13H32N4. The van der Waals surface area contributed by atoms with Crippen molar-refractivity contribution in [1.82, 2.24) is 20.7 Å². The molecule has 0 aliphatic rings. The normalized spacial score (nSPS) is 12.7. The maximum atomic E-state index is 3.31. The van der Waals surface area contributed by atoms with Crippen LogP contribution in [0.1, 0.15) is 34.1 Å². The third kappa shape index (κ3) is 7.71. The molecule has 0 atom stereocenters. The molecule has 0 saturated heterocycles. The highest BCUT2D eigenvalue weighted by molar-refractivity contribution is 4.78. The molecule has 0 aromatic carbocycles. The molecule has 0 saturated carbocycles. The molecule has 0 heterocycles. The molecule has 0 rings (SSSR count). The van der Waals surface area contributed by atoms with Gasteiger partial charge in [-0.3, -0.25) is 10.9 Å². The molecule has 0 aromatic heterocycles. The number of hydrogen-bond acceptors (Lipinski definition) is 4. The number of hydrogen-bond donors (Lipinski definition) is 2. The van der Waals surface area contributed by atoms with Crippen molar-refractivity contribution in [2.24, 2.45) is 0 Å². The monoisotopic (exact) mass is 244 g/mol. The quantitative estimate of drug-likeness (QED) is 0.446. The van der Waals surface area contributed by atoms with Crippen LogP contribution in [0.5, 0.6) is 0 Å². The molecule has 0 amide bonds. The molecule has 0 aromatic rings. The molecule has 0 radical (unpaired) electrons. The first-order chi connectivity index (χ1) is 7.94. The fourth-order valence-corrected chi connectivity index (χ4v) is 1.46. The van der Waals surface area contributed by atoms with Crippen LogP contribution >= 0.6 is 0 Å². The highest BCUT2D eigenvalue weighted by Crippen LogP contribution is 2.06. The van der Waals surface area contributed by atoms with Gasteiger partial charge in [0.1, 0.15) is 0 Å². The lowest BCUT2D eigenvalue weighted by molar-refractivity contribution is 0.182. The van der Waals surface area contributed by atoms with Gasteiger partial charge in [-0.2, -0.15) is 0 Å². The Bertz CT molecular complexity index is 176. The third-order valence-corrected chi connectivity index (χ3v) is 3.53. The van der Waals surface area contributed by atoms with Crippen molar-refractivity contribution in [1.29, 1.82) is 0 Å². The number of hydrazine groups is 1. The van der Waals surface area contributed by atoms with E-state index in [9.17, 15) is 0 Å². The molecular weight excluding hydrogens is 212 g/mol. The Morgan fingerprint density at radius 1 is 1.00 bits per heavy atom. The van der Waals surface area contributed by atoms with Crippen LogP contribution in [-0.2, 0) is 0 Å². The number of rotatable bonds is 10. The first-order valence-corrected chi connectivity index (χ1v) is 6.79. The van der Waals surface area contributed by atoms with E-state index in [-0.39, 0.29) is 5.54 Å². The van der Waals surface area contributed by atoms with E-state index in [1.807, 2.05) is 0 Å². The predicted molar refractivity (Wildman–Crippen MR) is 76.2 cm³/mol. The molecule has 4 nitrogen and oxygen atoms in total. The maximum Gasteiger partial charge on any atom is 0.0285 e. The van der Waals surface area contributed by atoms with Gasteiger partial charge in [0, 0.05) is 18.6 Å². The van der Waals surface area contributed by atoms with E-state index in [0.717, 1.165) is 26.2 Å². The average molecular weight is 244 g/mol. The highest BCUT2D eigenvalue weighted by Gasteiger charge is 2.19. The number of nitrogens with zero attached hydrogens (tertiary/aromatic N) is 2. The second kappa shape index (κ2) is 8.86. The van der Waals surface area contributed by atoms with Crippen molar-refractivity contribution >= 4 is 0 Å². The number of nitrogens with one attached hydrogen (secondary N) is 2. The van der Waals surface area contributed by atoms with Crippen LogP contribution in [0.25, 0.3) is 0 Å². The van der Waals surface area contributed by atoms with Gasteiger partial charge in [0.15, 0.2) is 0 Å². The van der Waals surface area contributed by atoms with Gasteiger partial charge in [-0.1, -0.05) is 13.8 Å². The average Bonchev–Trinajstić information content (AvgIpc) is 2.28. The minimum absolute atomic E-state index is 0.186. The van der Waals surface area contributed by atoms with Gasteiger partial charge >= 0.3 is 0 Å². The summed E-state index contributed by atoms with van der Waals surface area (Å²) in [6.07, 6.45) is 1.19. The smallest absolute Gasteiger partial charge is 0.0285 e. The summed E-state index contributed by atoms with van der Waals surface area (Å²) in [5.41, 5.74) is 6.79. The van der Waals surface area contributed by atoms with Crippen molar-refractivity contribution < 1.29 is 0 Å². The number of likely N-dealkylation sites (N-methyl/N-ethyl adjacent to an activating group) is 1. The van der Waals surface area contributed by atoms with E-state index in [1.54, 1.807) is 0 Å². The Hall–Kier alpha value is -0.160. The van der Waals surface area contributed by atoms with Gasteiger partial charge in [0.05, 0.1) is 0 Å². The van der Waals surface area contributed by atoms with Crippen molar-refractivity contribution in [3.8, 4) is 0 Å². The molecule has 0 fully saturated rings. The van der Waals surface area contributed by atoms with Crippen LogP contribution in [-0.4, -0.2) is 62.2 Å². The maximum absolute atomic E-state index is 3.31. The molecule has 17 heavy (non-hydrogen) atoms. The standard InChI is InChI=1S/C13H32N4/c1-7-17(8-2)11-9-10-14-15-12-13(3,4)16(5)6/h14-15H,7-12H2,1-6H3. The van der Waals surface area contributed by atoms with Gasteiger partial charge in [-0.25, -0.2) is 0 Å². The summed E-state index contributed by atoms with van der Waals surface area (Å²) >= 11 is 0. The van der Waals surface area contributed by atoms with E-state index >= 15 is 0 Å². The fourth-order valence-electron chi connectivity index (χ4n) is 1.46. The third-order valence-electron chi connectivity index (χ3n) is 3.53. The Labute approximate surface area is 108 Å². The second-order valence-corrected chi connectivity index (χ2v) is 5.37. The summed E-state index contributed by atoms with van der Waals surface area (Å²) in [4.78, 5) is 4.68. The summed E-state index contributed by atoms with van der Waals surface area (Å²) in [5.74, 6) is 0. The summed E-state index contributed by atoms with van der Waals surface area (Å²) in [7, 11) is 4.23. The summed E-state index contributed by atoms with van der Waals surface area (Å²) in [6.45, 7) is 14.4. The van der Waals surface area contributed by atoms with Crippen molar-refractivity contribution in [2.75, 3.05) is 46.8 Å². The molecule has 0 spiro atoms. The van der Waals surface area contributed by atoms with Crippen LogP contribution in [0.3, 0.4) is 0 Å². The SMILES string of the molecule is CCN(CC)CCCNNCC(C)(C)N(C)C. The Morgan fingerprint density at radius 3 is 2.06 bits per heavy atom. The Morgan fingerprint density at radius 2 is 1.59 bits per heavy atom. The fraction of sp³-hybridized carbons (Fsp3) is 1.00. The topological polar surface area (TPSA) is 30.5 Å². The van der Waals surface area contributed by atoms with E-state index in [4.69, 9.17) is 0 Å². The van der Waals surface area contributed by atoms with Crippen LogP contribution in [0, 0.1) is 0 Å². The summed E-state index contributed by atoms with van der Waals surface area (Å²) in [5, 5.41) is 0. The van der Waals surface area contributed by atoms with E-state index in [1.165, 1.54) is 13.0 Å². The lowest BCUT2D eigenvalue weighted by atomic mass is 10.1. The molecule has 104 valence electrons. The minimum Gasteiger partial charge on any atom is -0.304 e. The lowest BCUT2D eigenvalue weighted by Gasteiger charge is -2.32. The summed E-state index contributed by atoms with van der Waals surface area (Å²) < 4.78 is 0. The van der Waals surface area contributed by atoms with Crippen LogP contribution in [0.2, 0.25) is 0 Å². The largest absolute Gasteiger partial charge is 0.304 e. The summed E-state index contributed by atoms with van der Waals surface area (Å²) in [6, 6.07) is 0. The van der Waals surface area contributed by atoms with E-state index in [2.05, 4.69) is 62.4 Å². The molecule has 0 aliphatic carbocycles. The van der Waals surface area contributed by atoms with Gasteiger partial charge in [-0.05, 0) is 54.0 Å². The lowest BCUT2D eigenvalue weighted by Crippen LogP contribution is -2.50. The zero-order valence-corrected chi connectivity index (χ0v) is 12.6. The van der Waals surface area contributed by atoms with Crippen molar-refractivity contribution in [3.63, 3.8) is 0 Å². The van der Waals surface area contributed by atoms with Gasteiger partial charge in [-0.15, -0.1) is 0 Å². The van der Waals surface area contributed by atoms with E-state index in [0.29, 0.717) is 0 Å². The van der Waals surface area contributed by atoms with Crippen LogP contribution in [0.4, 0.5) is 0 Å². The zero-order valence-electron chi connectivity index (χ0n) is 12.6. The second-order valence-electron chi connectivity index (χ2n) is 5.37.